The molecule has 0 radical (unpaired) electrons. The van der Waals surface area contributed by atoms with E-state index in [-0.39, 0.29) is 0 Å². The van der Waals surface area contributed by atoms with Gasteiger partial charge in [0.05, 0.1) is 0 Å². The second-order valence-corrected chi connectivity index (χ2v) is 7.88. The molecule has 162 valence electrons. The Bertz CT molecular complexity index is 1220. The highest BCUT2D eigenvalue weighted by Crippen LogP contribution is 2.37. The van der Waals surface area contributed by atoms with Crippen molar-refractivity contribution in [1.29, 1.82) is 5.41 Å². The lowest BCUT2D eigenvalue weighted by Gasteiger charge is -2.19. The number of anilines is 1. The van der Waals surface area contributed by atoms with E-state index in [9.17, 15) is 4.79 Å². The van der Waals surface area contributed by atoms with Gasteiger partial charge in [0.15, 0.2) is 0 Å². The number of allylic oxidation sites excluding steroid dienone is 1. The van der Waals surface area contributed by atoms with Gasteiger partial charge in [0, 0.05) is 28.6 Å². The number of carboxylic acids is 1. The van der Waals surface area contributed by atoms with Gasteiger partial charge in [0.2, 0.25) is 0 Å². The summed E-state index contributed by atoms with van der Waals surface area (Å²) in [4.78, 5) is 10.8. The minimum Gasteiger partial charge on any atom is -0.478 e. The van der Waals surface area contributed by atoms with E-state index in [0.717, 1.165) is 51.5 Å². The average molecular weight is 445 g/mol. The molecule has 0 saturated carbocycles. The molecular formula is C27H25ClN2O2. The molecule has 3 aromatic rings. The minimum absolute atomic E-state index is 0.554. The SMILES string of the molecule is CC/C(=C(/c1ccc(/C=C/C(=O)O)cc1)c1ccc(N)c(C=N)c1)c1ccc(Cl)cc1C. The Morgan fingerprint density at radius 3 is 2.34 bits per heavy atom. The molecule has 0 spiro atoms. The molecule has 0 unspecified atom stereocenters. The molecule has 0 saturated heterocycles. The number of rotatable bonds is 7. The molecular weight excluding hydrogens is 420 g/mol. The smallest absolute Gasteiger partial charge is 0.328 e. The zero-order valence-corrected chi connectivity index (χ0v) is 18.8. The summed E-state index contributed by atoms with van der Waals surface area (Å²) in [5.41, 5.74) is 14.4. The van der Waals surface area contributed by atoms with Crippen molar-refractivity contribution in [2.45, 2.75) is 20.3 Å². The van der Waals surface area contributed by atoms with Crippen molar-refractivity contribution in [1.82, 2.24) is 0 Å². The van der Waals surface area contributed by atoms with Crippen LogP contribution in [0.15, 0.2) is 66.7 Å². The van der Waals surface area contributed by atoms with E-state index in [2.05, 4.69) is 6.92 Å². The zero-order valence-electron chi connectivity index (χ0n) is 18.0. The maximum Gasteiger partial charge on any atom is 0.328 e. The van der Waals surface area contributed by atoms with Crippen molar-refractivity contribution in [3.05, 3.63) is 105 Å². The number of hydrogen-bond acceptors (Lipinski definition) is 3. The van der Waals surface area contributed by atoms with Crippen molar-refractivity contribution < 1.29 is 9.90 Å². The zero-order chi connectivity index (χ0) is 23.3. The maximum absolute atomic E-state index is 10.8. The number of nitrogen functional groups attached to an aromatic ring is 1. The van der Waals surface area contributed by atoms with Gasteiger partial charge in [-0.2, -0.15) is 0 Å². The van der Waals surface area contributed by atoms with Crippen molar-refractivity contribution in [2.75, 3.05) is 5.73 Å². The van der Waals surface area contributed by atoms with Crippen LogP contribution in [0.2, 0.25) is 5.02 Å². The van der Waals surface area contributed by atoms with E-state index in [1.54, 1.807) is 6.08 Å². The van der Waals surface area contributed by atoms with Gasteiger partial charge in [-0.25, -0.2) is 4.79 Å². The van der Waals surface area contributed by atoms with Gasteiger partial charge in [-0.3, -0.25) is 0 Å². The topological polar surface area (TPSA) is 87.2 Å². The lowest BCUT2D eigenvalue weighted by Crippen LogP contribution is -2.00. The molecule has 0 aliphatic heterocycles. The Hall–Kier alpha value is -3.63. The standard InChI is InChI=1S/C27H25ClN2O2/c1-3-23(24-11-10-22(28)14-17(24)2)27(20-9-12-25(30)21(15-20)16-29)19-7-4-18(5-8-19)6-13-26(31)32/h4-16,29H,3,30H2,1-2H3,(H,31,32)/b13-6+,27-23+,29-16?. The maximum atomic E-state index is 10.8. The number of nitrogens with one attached hydrogen (secondary N) is 1. The molecule has 0 atom stereocenters. The van der Waals surface area contributed by atoms with E-state index in [4.69, 9.17) is 27.9 Å². The number of aryl methyl sites for hydroxylation is 1. The first-order valence-corrected chi connectivity index (χ1v) is 10.6. The third-order valence-corrected chi connectivity index (χ3v) is 5.55. The van der Waals surface area contributed by atoms with E-state index in [1.807, 2.05) is 67.6 Å². The molecule has 0 aliphatic carbocycles. The van der Waals surface area contributed by atoms with E-state index in [1.165, 1.54) is 6.21 Å². The molecule has 0 fully saturated rings. The third kappa shape index (κ3) is 5.16. The van der Waals surface area contributed by atoms with Crippen molar-refractivity contribution >= 4 is 46.7 Å². The quantitative estimate of drug-likeness (QED) is 0.164. The van der Waals surface area contributed by atoms with E-state index in [0.29, 0.717) is 16.3 Å². The molecule has 0 amide bonds. The molecule has 0 aliphatic rings. The fourth-order valence-electron chi connectivity index (χ4n) is 3.77. The first-order chi connectivity index (χ1) is 15.3. The molecule has 5 heteroatoms. The minimum atomic E-state index is -0.984. The number of nitrogens with two attached hydrogens (primary N) is 1. The second kappa shape index (κ2) is 10.1. The number of benzene rings is 3. The summed E-state index contributed by atoms with van der Waals surface area (Å²) in [6.07, 6.45) is 4.73. The van der Waals surface area contributed by atoms with Gasteiger partial charge in [-0.1, -0.05) is 54.9 Å². The van der Waals surface area contributed by atoms with Crippen LogP contribution in [0.4, 0.5) is 5.69 Å². The Morgan fingerprint density at radius 1 is 1.06 bits per heavy atom. The number of halogens is 1. The highest BCUT2D eigenvalue weighted by Gasteiger charge is 2.16. The highest BCUT2D eigenvalue weighted by atomic mass is 35.5. The van der Waals surface area contributed by atoms with Crippen LogP contribution in [0, 0.1) is 12.3 Å². The van der Waals surface area contributed by atoms with Crippen molar-refractivity contribution in [3.8, 4) is 0 Å². The first-order valence-electron chi connectivity index (χ1n) is 10.3. The van der Waals surface area contributed by atoms with Crippen molar-refractivity contribution in [2.24, 2.45) is 0 Å². The lowest BCUT2D eigenvalue weighted by molar-refractivity contribution is -0.131. The molecule has 4 N–H and O–H groups in total. The fourth-order valence-corrected chi connectivity index (χ4v) is 3.99. The highest BCUT2D eigenvalue weighted by molar-refractivity contribution is 6.30. The summed E-state index contributed by atoms with van der Waals surface area (Å²) in [5.74, 6) is -0.984. The Morgan fingerprint density at radius 2 is 1.75 bits per heavy atom. The van der Waals surface area contributed by atoms with Crippen LogP contribution in [-0.4, -0.2) is 17.3 Å². The Kier molecular flexibility index (Phi) is 7.29. The second-order valence-electron chi connectivity index (χ2n) is 7.45. The number of aliphatic carboxylic acids is 1. The monoisotopic (exact) mass is 444 g/mol. The molecule has 0 aromatic heterocycles. The van der Waals surface area contributed by atoms with Crippen LogP contribution in [-0.2, 0) is 4.79 Å². The summed E-state index contributed by atoms with van der Waals surface area (Å²) in [5, 5.41) is 17.3. The van der Waals surface area contributed by atoms with Crippen LogP contribution in [0.5, 0.6) is 0 Å². The Labute approximate surface area is 193 Å². The van der Waals surface area contributed by atoms with Gasteiger partial charge >= 0.3 is 5.97 Å². The molecule has 3 rings (SSSR count). The predicted molar refractivity (Wildman–Crippen MR) is 134 cm³/mol. The van der Waals surface area contributed by atoms with Gasteiger partial charge in [-0.15, -0.1) is 0 Å². The average Bonchev–Trinajstić information content (AvgIpc) is 2.78. The molecule has 0 bridgehead atoms. The van der Waals surface area contributed by atoms with Crippen LogP contribution < -0.4 is 5.73 Å². The number of carboxylic acid groups (broad SMARTS) is 1. The molecule has 4 nitrogen and oxygen atoms in total. The molecule has 3 aromatic carbocycles. The summed E-state index contributed by atoms with van der Waals surface area (Å²) < 4.78 is 0. The van der Waals surface area contributed by atoms with Gasteiger partial charge < -0.3 is 16.2 Å². The van der Waals surface area contributed by atoms with Crippen LogP contribution in [0.25, 0.3) is 17.2 Å². The van der Waals surface area contributed by atoms with Gasteiger partial charge in [-0.05, 0) is 82.6 Å². The molecule has 32 heavy (non-hydrogen) atoms. The summed E-state index contributed by atoms with van der Waals surface area (Å²) in [6.45, 7) is 4.16. The fraction of sp³-hybridized carbons (Fsp3) is 0.111. The first kappa shape index (κ1) is 23.0. The summed E-state index contributed by atoms with van der Waals surface area (Å²) in [6, 6.07) is 19.4. The predicted octanol–water partition coefficient (Wildman–Crippen LogP) is 6.70. The van der Waals surface area contributed by atoms with E-state index < -0.39 is 5.97 Å². The summed E-state index contributed by atoms with van der Waals surface area (Å²) >= 11 is 6.20. The van der Waals surface area contributed by atoms with Crippen LogP contribution in [0.3, 0.4) is 0 Å². The summed E-state index contributed by atoms with van der Waals surface area (Å²) in [7, 11) is 0. The van der Waals surface area contributed by atoms with Crippen LogP contribution >= 0.6 is 11.6 Å². The Balaban J connectivity index is 2.27. The normalized spacial score (nSPS) is 12.0. The van der Waals surface area contributed by atoms with Gasteiger partial charge in [0.25, 0.3) is 0 Å². The van der Waals surface area contributed by atoms with Crippen molar-refractivity contribution in [3.63, 3.8) is 0 Å². The number of carbonyl (C=O) groups is 1. The lowest BCUT2D eigenvalue weighted by atomic mass is 9.86. The largest absolute Gasteiger partial charge is 0.478 e. The van der Waals surface area contributed by atoms with Gasteiger partial charge in [0.1, 0.15) is 0 Å². The number of hydrogen-bond donors (Lipinski definition) is 3. The van der Waals surface area contributed by atoms with E-state index >= 15 is 0 Å². The molecule has 0 heterocycles. The van der Waals surface area contributed by atoms with Crippen LogP contribution in [0.1, 0.15) is 46.7 Å². The third-order valence-electron chi connectivity index (χ3n) is 5.32.